The predicted octanol–water partition coefficient (Wildman–Crippen LogP) is 3.07. The molecule has 2 aliphatic heterocycles. The third kappa shape index (κ3) is 4.03. The second-order valence-corrected chi connectivity index (χ2v) is 7.65. The molecule has 0 radical (unpaired) electrons. The van der Waals surface area contributed by atoms with Gasteiger partial charge in [-0.2, -0.15) is 0 Å². The highest BCUT2D eigenvalue weighted by Gasteiger charge is 2.24. The van der Waals surface area contributed by atoms with Gasteiger partial charge in [0.15, 0.2) is 5.16 Å². The van der Waals surface area contributed by atoms with Crippen molar-refractivity contribution in [2.24, 2.45) is 0 Å². The van der Waals surface area contributed by atoms with Crippen molar-refractivity contribution in [3.63, 3.8) is 0 Å². The van der Waals surface area contributed by atoms with Crippen LogP contribution in [0.1, 0.15) is 30.1 Å². The lowest BCUT2D eigenvalue weighted by Crippen LogP contribution is -2.44. The molecule has 1 aromatic heterocycles. The fraction of sp³-hybridized carbons (Fsp3) is 0.500. The Morgan fingerprint density at radius 3 is 2.92 bits per heavy atom. The van der Waals surface area contributed by atoms with Gasteiger partial charge in [0.1, 0.15) is 5.82 Å². The highest BCUT2D eigenvalue weighted by molar-refractivity contribution is 7.98. The third-order valence-electron chi connectivity index (χ3n) is 5.30. The second kappa shape index (κ2) is 8.37. The number of fused-ring (bicyclic) bond motifs is 1. The minimum atomic E-state index is 0.184. The Balaban J connectivity index is 1.29. The number of nitrogens with one attached hydrogen (secondary N) is 1. The number of rotatable bonds is 5. The summed E-state index contributed by atoms with van der Waals surface area (Å²) in [6.07, 6.45) is 7.35. The minimum absolute atomic E-state index is 0.184. The molecule has 0 aliphatic carbocycles. The first-order chi connectivity index (χ1) is 12.8. The molecule has 3 heterocycles. The van der Waals surface area contributed by atoms with E-state index in [1.165, 1.54) is 11.1 Å². The van der Waals surface area contributed by atoms with Crippen LogP contribution < -0.4 is 10.2 Å². The number of hydrogen-bond acceptors (Lipinski definition) is 6. The molecule has 0 amide bonds. The van der Waals surface area contributed by atoms with E-state index in [2.05, 4.69) is 44.5 Å². The molecule has 1 saturated heterocycles. The maximum atomic E-state index is 6.02. The number of thioether (sulfide) groups is 1. The standard InChI is InChI=1S/C20H26N4OS/c1-26-20-21-10-6-19(23-20)24-11-7-16(8-12-24)22-14-18-17-5-3-2-4-15(17)9-13-25-18/h2-6,10,16,18,22H,7-9,11-14H2,1H3/t18-/m1/s1. The topological polar surface area (TPSA) is 50.3 Å². The van der Waals surface area contributed by atoms with E-state index >= 15 is 0 Å². The molecule has 6 heteroatoms. The summed E-state index contributed by atoms with van der Waals surface area (Å²) in [5, 5.41) is 4.58. The molecule has 138 valence electrons. The molecule has 0 unspecified atom stereocenters. The van der Waals surface area contributed by atoms with Gasteiger partial charge in [-0.05, 0) is 42.7 Å². The number of ether oxygens (including phenoxy) is 1. The Morgan fingerprint density at radius 1 is 1.23 bits per heavy atom. The summed E-state index contributed by atoms with van der Waals surface area (Å²) in [6, 6.07) is 11.2. The first-order valence-corrected chi connectivity index (χ1v) is 10.6. The van der Waals surface area contributed by atoms with E-state index in [0.717, 1.165) is 56.5 Å². The Labute approximate surface area is 159 Å². The molecule has 0 bridgehead atoms. The lowest BCUT2D eigenvalue weighted by atomic mass is 9.97. The van der Waals surface area contributed by atoms with Crippen molar-refractivity contribution in [3.8, 4) is 0 Å². The van der Waals surface area contributed by atoms with E-state index in [9.17, 15) is 0 Å². The van der Waals surface area contributed by atoms with Crippen LogP contribution in [0.2, 0.25) is 0 Å². The third-order valence-corrected chi connectivity index (χ3v) is 5.87. The summed E-state index contributed by atoms with van der Waals surface area (Å²) in [6.45, 7) is 3.79. The summed E-state index contributed by atoms with van der Waals surface area (Å²) in [5.74, 6) is 1.05. The number of anilines is 1. The number of nitrogens with zero attached hydrogens (tertiary/aromatic N) is 3. The summed E-state index contributed by atoms with van der Waals surface area (Å²) < 4.78 is 6.02. The smallest absolute Gasteiger partial charge is 0.189 e. The molecule has 1 aromatic carbocycles. The first kappa shape index (κ1) is 17.8. The van der Waals surface area contributed by atoms with Crippen LogP contribution in [0.5, 0.6) is 0 Å². The van der Waals surface area contributed by atoms with Gasteiger partial charge in [-0.15, -0.1) is 0 Å². The maximum Gasteiger partial charge on any atom is 0.189 e. The van der Waals surface area contributed by atoms with E-state index < -0.39 is 0 Å². The molecule has 0 saturated carbocycles. The van der Waals surface area contributed by atoms with Crippen molar-refractivity contribution in [1.82, 2.24) is 15.3 Å². The van der Waals surface area contributed by atoms with Crippen LogP contribution in [0.3, 0.4) is 0 Å². The molecule has 2 aliphatic rings. The zero-order valence-electron chi connectivity index (χ0n) is 15.2. The van der Waals surface area contributed by atoms with E-state index in [1.54, 1.807) is 11.8 Å². The summed E-state index contributed by atoms with van der Waals surface area (Å²) in [7, 11) is 0. The van der Waals surface area contributed by atoms with Gasteiger partial charge in [0.2, 0.25) is 0 Å². The number of piperidine rings is 1. The van der Waals surface area contributed by atoms with E-state index in [1.807, 2.05) is 18.5 Å². The summed E-state index contributed by atoms with van der Waals surface area (Å²) in [4.78, 5) is 11.3. The molecule has 2 aromatic rings. The highest BCUT2D eigenvalue weighted by atomic mass is 32.2. The highest BCUT2D eigenvalue weighted by Crippen LogP contribution is 2.27. The fourth-order valence-corrected chi connectivity index (χ4v) is 4.19. The molecule has 0 spiro atoms. The van der Waals surface area contributed by atoms with Crippen molar-refractivity contribution in [2.75, 3.05) is 37.4 Å². The van der Waals surface area contributed by atoms with Gasteiger partial charge in [-0.1, -0.05) is 36.0 Å². The minimum Gasteiger partial charge on any atom is -0.372 e. The zero-order valence-corrected chi connectivity index (χ0v) is 16.0. The van der Waals surface area contributed by atoms with Crippen LogP contribution in [0, 0.1) is 0 Å². The molecule has 1 fully saturated rings. The molecular formula is C20H26N4OS. The van der Waals surface area contributed by atoms with Gasteiger partial charge in [0, 0.05) is 31.9 Å². The van der Waals surface area contributed by atoms with Crippen molar-refractivity contribution in [1.29, 1.82) is 0 Å². The molecule has 26 heavy (non-hydrogen) atoms. The normalized spacial score (nSPS) is 20.8. The predicted molar refractivity (Wildman–Crippen MR) is 106 cm³/mol. The molecule has 4 rings (SSSR count). The van der Waals surface area contributed by atoms with Gasteiger partial charge in [0.25, 0.3) is 0 Å². The number of hydrogen-bond donors (Lipinski definition) is 1. The Kier molecular flexibility index (Phi) is 5.72. The number of aromatic nitrogens is 2. The maximum absolute atomic E-state index is 6.02. The summed E-state index contributed by atoms with van der Waals surface area (Å²) in [5.41, 5.74) is 2.79. The van der Waals surface area contributed by atoms with E-state index in [4.69, 9.17) is 4.74 Å². The van der Waals surface area contributed by atoms with Crippen LogP contribution in [-0.4, -0.2) is 48.5 Å². The van der Waals surface area contributed by atoms with Gasteiger partial charge in [-0.25, -0.2) is 9.97 Å². The van der Waals surface area contributed by atoms with Crippen molar-refractivity contribution in [2.45, 2.75) is 36.6 Å². The monoisotopic (exact) mass is 370 g/mol. The average Bonchev–Trinajstić information content (AvgIpc) is 2.72. The van der Waals surface area contributed by atoms with Crippen molar-refractivity contribution < 1.29 is 4.74 Å². The zero-order chi connectivity index (χ0) is 17.8. The quantitative estimate of drug-likeness (QED) is 0.645. The second-order valence-electron chi connectivity index (χ2n) is 6.88. The van der Waals surface area contributed by atoms with Crippen molar-refractivity contribution >= 4 is 17.6 Å². The Hall–Kier alpha value is -1.63. The van der Waals surface area contributed by atoms with E-state index in [-0.39, 0.29) is 6.10 Å². The molecule has 5 nitrogen and oxygen atoms in total. The van der Waals surface area contributed by atoms with Crippen LogP contribution >= 0.6 is 11.8 Å². The molecule has 1 atom stereocenters. The summed E-state index contributed by atoms with van der Waals surface area (Å²) >= 11 is 1.59. The lowest BCUT2D eigenvalue weighted by Gasteiger charge is -2.34. The van der Waals surface area contributed by atoms with Crippen LogP contribution in [0.4, 0.5) is 5.82 Å². The van der Waals surface area contributed by atoms with Crippen molar-refractivity contribution in [3.05, 3.63) is 47.7 Å². The number of benzene rings is 1. The molecular weight excluding hydrogens is 344 g/mol. The lowest BCUT2D eigenvalue weighted by molar-refractivity contribution is 0.0400. The van der Waals surface area contributed by atoms with Crippen LogP contribution in [-0.2, 0) is 11.2 Å². The fourth-order valence-electron chi connectivity index (χ4n) is 3.84. The SMILES string of the molecule is CSc1nccc(N2CCC(NC[C@H]3OCCc4ccccc43)CC2)n1. The van der Waals surface area contributed by atoms with Gasteiger partial charge in [-0.3, -0.25) is 0 Å². The van der Waals surface area contributed by atoms with Crippen LogP contribution in [0.25, 0.3) is 0 Å². The van der Waals surface area contributed by atoms with Gasteiger partial charge in [0.05, 0.1) is 12.7 Å². The largest absolute Gasteiger partial charge is 0.372 e. The Bertz CT molecular complexity index is 733. The van der Waals surface area contributed by atoms with E-state index in [0.29, 0.717) is 6.04 Å². The van der Waals surface area contributed by atoms with Gasteiger partial charge < -0.3 is 15.0 Å². The average molecular weight is 371 g/mol. The Morgan fingerprint density at radius 2 is 2.08 bits per heavy atom. The van der Waals surface area contributed by atoms with Crippen LogP contribution in [0.15, 0.2) is 41.7 Å². The first-order valence-electron chi connectivity index (χ1n) is 9.38. The van der Waals surface area contributed by atoms with Gasteiger partial charge >= 0.3 is 0 Å². The molecule has 1 N–H and O–H groups in total.